The summed E-state index contributed by atoms with van der Waals surface area (Å²) >= 11 is 0. The zero-order valence-electron chi connectivity index (χ0n) is 6.64. The number of Topliss-reactive ketones (excluding diaryl/α,β-unsaturated/α-hetero) is 1. The molecule has 6 heteroatoms. The van der Waals surface area contributed by atoms with Gasteiger partial charge in [0.25, 0.3) is 0 Å². The highest BCUT2D eigenvalue weighted by Gasteiger charge is 2.18. The topological polar surface area (TPSA) is 97.7 Å². The van der Waals surface area contributed by atoms with Crippen LogP contribution in [0.3, 0.4) is 0 Å². The second kappa shape index (κ2) is 4.81. The largest absolute Gasteiger partial charge is 0.475 e. The van der Waals surface area contributed by atoms with Gasteiger partial charge >= 0.3 is 17.7 Å². The van der Waals surface area contributed by atoms with Gasteiger partial charge in [0.05, 0.1) is 7.11 Å². The van der Waals surface area contributed by atoms with Gasteiger partial charge in [-0.3, -0.25) is 9.59 Å². The maximum atomic E-state index is 10.6. The molecule has 0 aromatic rings. The molecule has 0 aliphatic rings. The van der Waals surface area contributed by atoms with Crippen LogP contribution < -0.4 is 0 Å². The van der Waals surface area contributed by atoms with Gasteiger partial charge in [0.1, 0.15) is 0 Å². The fourth-order valence-electron chi connectivity index (χ4n) is 0.393. The van der Waals surface area contributed by atoms with Crippen molar-refractivity contribution in [3.63, 3.8) is 0 Å². The van der Waals surface area contributed by atoms with Crippen molar-refractivity contribution in [1.82, 2.24) is 0 Å². The Kier molecular flexibility index (Phi) is 4.08. The number of hydrogen-bond acceptors (Lipinski definition) is 5. The number of hydrogen-bond donors (Lipinski definition) is 1. The molecule has 6 nitrogen and oxygen atoms in total. The summed E-state index contributed by atoms with van der Waals surface area (Å²) in [6.45, 7) is 0. The smallest absolute Gasteiger partial charge is 0.380 e. The van der Waals surface area contributed by atoms with Crippen molar-refractivity contribution in [2.24, 2.45) is 0 Å². The van der Waals surface area contributed by atoms with E-state index >= 15 is 0 Å². The van der Waals surface area contributed by atoms with E-state index in [1.807, 2.05) is 0 Å². The second-order valence-electron chi connectivity index (χ2n) is 1.86. The summed E-state index contributed by atoms with van der Waals surface area (Å²) in [5.74, 6) is -5.58. The number of carbonyl (C=O) groups excluding carboxylic acids is 3. The highest BCUT2D eigenvalue weighted by Crippen LogP contribution is 1.83. The van der Waals surface area contributed by atoms with E-state index in [4.69, 9.17) is 5.11 Å². The average molecular weight is 186 g/mol. The third-order valence-electron chi connectivity index (χ3n) is 0.990. The maximum Gasteiger partial charge on any atom is 0.380 e. The van der Waals surface area contributed by atoms with Gasteiger partial charge in [-0.2, -0.15) is 0 Å². The molecule has 0 unspecified atom stereocenters. The minimum Gasteiger partial charge on any atom is -0.475 e. The van der Waals surface area contributed by atoms with Crippen molar-refractivity contribution in [1.29, 1.82) is 0 Å². The Morgan fingerprint density at radius 3 is 2.08 bits per heavy atom. The van der Waals surface area contributed by atoms with Crippen molar-refractivity contribution in [3.05, 3.63) is 12.2 Å². The van der Waals surface area contributed by atoms with E-state index in [1.54, 1.807) is 0 Å². The Balaban J connectivity index is 4.32. The van der Waals surface area contributed by atoms with Crippen LogP contribution in [0, 0.1) is 0 Å². The molecule has 0 heterocycles. The summed E-state index contributed by atoms with van der Waals surface area (Å²) in [6.07, 6.45) is 1.21. The molecule has 0 atom stereocenters. The summed E-state index contributed by atoms with van der Waals surface area (Å²) in [4.78, 5) is 41.3. The maximum absolute atomic E-state index is 10.6. The predicted octanol–water partition coefficient (Wildman–Crippen LogP) is -1.06. The quantitative estimate of drug-likeness (QED) is 0.260. The zero-order chi connectivity index (χ0) is 10.4. The summed E-state index contributed by atoms with van der Waals surface area (Å²) in [5, 5.41) is 8.05. The van der Waals surface area contributed by atoms with Gasteiger partial charge in [0, 0.05) is 6.08 Å². The van der Waals surface area contributed by atoms with Gasteiger partial charge < -0.3 is 9.84 Å². The van der Waals surface area contributed by atoms with Crippen LogP contribution in [0.15, 0.2) is 12.2 Å². The molecule has 0 radical (unpaired) electrons. The first-order chi connectivity index (χ1) is 5.99. The predicted molar refractivity (Wildman–Crippen MR) is 38.8 cm³/mol. The van der Waals surface area contributed by atoms with Crippen molar-refractivity contribution >= 4 is 23.5 Å². The number of aliphatic carboxylic acids is 1. The third-order valence-corrected chi connectivity index (χ3v) is 0.990. The molecule has 0 aliphatic carbocycles. The van der Waals surface area contributed by atoms with E-state index in [1.165, 1.54) is 0 Å². The Morgan fingerprint density at radius 2 is 1.69 bits per heavy atom. The lowest BCUT2D eigenvalue weighted by Gasteiger charge is -1.88. The van der Waals surface area contributed by atoms with Crippen LogP contribution in [0.5, 0.6) is 0 Å². The Labute approximate surface area is 72.8 Å². The lowest BCUT2D eigenvalue weighted by molar-refractivity contribution is -0.151. The normalized spacial score (nSPS) is 9.62. The molecule has 0 saturated heterocycles. The average Bonchev–Trinajstić information content (AvgIpc) is 2.11. The first-order valence-corrected chi connectivity index (χ1v) is 3.06. The molecule has 0 aliphatic heterocycles. The van der Waals surface area contributed by atoms with Crippen molar-refractivity contribution in [2.75, 3.05) is 7.11 Å². The van der Waals surface area contributed by atoms with Gasteiger partial charge in [-0.15, -0.1) is 0 Å². The molecule has 1 N–H and O–H groups in total. The number of methoxy groups -OCH3 is 1. The fraction of sp³-hybridized carbons (Fsp3) is 0.143. The summed E-state index contributed by atoms with van der Waals surface area (Å²) in [7, 11) is 1.08. The van der Waals surface area contributed by atoms with E-state index in [9.17, 15) is 19.2 Å². The van der Waals surface area contributed by atoms with E-state index in [0.29, 0.717) is 12.2 Å². The Hall–Kier alpha value is -1.98. The number of esters is 1. The second-order valence-corrected chi connectivity index (χ2v) is 1.86. The minimum atomic E-state index is -1.86. The molecule has 0 rings (SSSR count). The minimum absolute atomic E-state index is 0.544. The number of allylic oxidation sites excluding steroid dienone is 1. The summed E-state index contributed by atoms with van der Waals surface area (Å²) in [6, 6.07) is 0. The molecular formula is C7H6O6. The third kappa shape index (κ3) is 3.80. The zero-order valence-corrected chi connectivity index (χ0v) is 6.64. The summed E-state index contributed by atoms with van der Waals surface area (Å²) in [5.41, 5.74) is 0. The van der Waals surface area contributed by atoms with Crippen molar-refractivity contribution in [3.8, 4) is 0 Å². The van der Waals surface area contributed by atoms with E-state index in [0.717, 1.165) is 7.11 Å². The van der Waals surface area contributed by atoms with E-state index in [2.05, 4.69) is 4.74 Å². The fourth-order valence-corrected chi connectivity index (χ4v) is 0.393. The van der Waals surface area contributed by atoms with Crippen LogP contribution in [-0.4, -0.2) is 35.7 Å². The molecule has 0 saturated carbocycles. The standard InChI is InChI=1S/C7H6O6/c1-13-5(9)3-2-4(8)6(10)7(11)12/h2-3H,1H3,(H,11,12)/b3-2+. The number of ether oxygens (including phenoxy) is 1. The monoisotopic (exact) mass is 186 g/mol. The lowest BCUT2D eigenvalue weighted by atomic mass is 10.2. The van der Waals surface area contributed by atoms with Gasteiger partial charge in [0.15, 0.2) is 0 Å². The van der Waals surface area contributed by atoms with Crippen LogP contribution in [0.25, 0.3) is 0 Å². The van der Waals surface area contributed by atoms with Crippen LogP contribution in [0.2, 0.25) is 0 Å². The van der Waals surface area contributed by atoms with Crippen LogP contribution >= 0.6 is 0 Å². The highest BCUT2D eigenvalue weighted by atomic mass is 16.5. The molecular weight excluding hydrogens is 180 g/mol. The van der Waals surface area contributed by atoms with Crippen LogP contribution in [0.1, 0.15) is 0 Å². The van der Waals surface area contributed by atoms with Crippen molar-refractivity contribution in [2.45, 2.75) is 0 Å². The number of carboxylic acid groups (broad SMARTS) is 1. The molecule has 0 aromatic carbocycles. The number of carboxylic acids is 1. The molecule has 0 amide bonds. The van der Waals surface area contributed by atoms with Gasteiger partial charge in [-0.1, -0.05) is 0 Å². The Morgan fingerprint density at radius 1 is 1.15 bits per heavy atom. The molecule has 0 aromatic heterocycles. The molecule has 0 fully saturated rings. The number of carbonyl (C=O) groups is 4. The van der Waals surface area contributed by atoms with Crippen LogP contribution in [-0.2, 0) is 23.9 Å². The lowest BCUT2D eigenvalue weighted by Crippen LogP contribution is -2.21. The first-order valence-electron chi connectivity index (χ1n) is 3.06. The summed E-state index contributed by atoms with van der Waals surface area (Å²) < 4.78 is 4.10. The van der Waals surface area contributed by atoms with Gasteiger partial charge in [-0.05, 0) is 6.08 Å². The van der Waals surface area contributed by atoms with Crippen molar-refractivity contribution < 1.29 is 29.0 Å². The Bertz CT molecular complexity index is 287. The number of ketones is 2. The molecule has 0 bridgehead atoms. The van der Waals surface area contributed by atoms with E-state index in [-0.39, 0.29) is 0 Å². The van der Waals surface area contributed by atoms with Crippen LogP contribution in [0.4, 0.5) is 0 Å². The van der Waals surface area contributed by atoms with Gasteiger partial charge in [0.2, 0.25) is 5.78 Å². The first kappa shape index (κ1) is 11.0. The molecule has 13 heavy (non-hydrogen) atoms. The highest BCUT2D eigenvalue weighted by molar-refractivity contribution is 6.64. The SMILES string of the molecule is COC(=O)/C=C/C(=O)C(=O)C(=O)O. The van der Waals surface area contributed by atoms with E-state index < -0.39 is 23.5 Å². The number of rotatable bonds is 4. The molecule has 0 spiro atoms. The molecule has 70 valence electrons. The van der Waals surface area contributed by atoms with Gasteiger partial charge in [-0.25, -0.2) is 9.59 Å².